The molecule has 0 bridgehead atoms. The first-order chi connectivity index (χ1) is 11.1. The minimum absolute atomic E-state index is 0.246. The van der Waals surface area contributed by atoms with Crippen LogP contribution >= 0.6 is 38.5 Å². The summed E-state index contributed by atoms with van der Waals surface area (Å²) in [7, 11) is 1.58. The van der Waals surface area contributed by atoms with E-state index in [0.717, 1.165) is 19.2 Å². The van der Waals surface area contributed by atoms with E-state index in [1.807, 2.05) is 42.5 Å². The highest BCUT2D eigenvalue weighted by Gasteiger charge is 2.24. The predicted molar refractivity (Wildman–Crippen MR) is 100 cm³/mol. The minimum Gasteiger partial charge on any atom is -0.496 e. The van der Waals surface area contributed by atoms with Crippen LogP contribution in [0.4, 0.5) is 0 Å². The van der Waals surface area contributed by atoms with E-state index in [1.165, 1.54) is 0 Å². The van der Waals surface area contributed by atoms with Crippen LogP contribution < -0.4 is 4.74 Å². The normalized spacial score (nSPS) is 15.5. The molecule has 0 aromatic heterocycles. The van der Waals surface area contributed by atoms with Crippen LogP contribution in [0.2, 0.25) is 0 Å². The van der Waals surface area contributed by atoms with Gasteiger partial charge in [-0.3, -0.25) is 0 Å². The van der Waals surface area contributed by atoms with Gasteiger partial charge in [0.1, 0.15) is 5.75 Å². The Balaban J connectivity index is 2.00. The first kappa shape index (κ1) is 16.2. The molecule has 116 valence electrons. The number of cyclic esters (lactones) is 1. The second-order valence-corrected chi connectivity index (χ2v) is 6.89. The number of carbonyl (C=O) groups excluding carboxylic acids is 1. The number of rotatable bonds is 3. The Morgan fingerprint density at radius 3 is 2.83 bits per heavy atom. The molecular weight excluding hydrogens is 473 g/mol. The van der Waals surface area contributed by atoms with Crippen molar-refractivity contribution in [2.75, 3.05) is 7.11 Å². The Morgan fingerprint density at radius 1 is 1.26 bits per heavy atom. The number of aliphatic imine (C=N–C) groups is 1. The quantitative estimate of drug-likeness (QED) is 0.369. The van der Waals surface area contributed by atoms with Crippen molar-refractivity contribution in [2.24, 2.45) is 4.99 Å². The van der Waals surface area contributed by atoms with Crippen molar-refractivity contribution in [3.8, 4) is 5.75 Å². The number of hydrogen-bond donors (Lipinski definition) is 0. The standard InChI is InChI=1S/C17H11BrINO3/c1-22-15-6-5-12(18)7-11(15)9-14-17(21)23-16(20-14)10-3-2-4-13(19)8-10/h2-9H,1H3/b14-9-. The number of hydrogen-bond acceptors (Lipinski definition) is 4. The molecule has 1 aliphatic rings. The molecular formula is C17H11BrINO3. The summed E-state index contributed by atoms with van der Waals surface area (Å²) in [6.07, 6.45) is 1.66. The lowest BCUT2D eigenvalue weighted by Gasteiger charge is -2.04. The molecule has 0 fully saturated rings. The van der Waals surface area contributed by atoms with Gasteiger partial charge in [-0.05, 0) is 65.1 Å². The molecule has 2 aromatic rings. The fourth-order valence-corrected chi connectivity index (χ4v) is 3.04. The molecule has 0 radical (unpaired) electrons. The van der Waals surface area contributed by atoms with Crippen LogP contribution in [-0.4, -0.2) is 19.0 Å². The van der Waals surface area contributed by atoms with Gasteiger partial charge >= 0.3 is 5.97 Å². The zero-order chi connectivity index (χ0) is 16.4. The minimum atomic E-state index is -0.471. The molecule has 0 atom stereocenters. The zero-order valence-electron chi connectivity index (χ0n) is 12.0. The Labute approximate surface area is 155 Å². The predicted octanol–water partition coefficient (Wildman–Crippen LogP) is 4.41. The van der Waals surface area contributed by atoms with E-state index < -0.39 is 5.97 Å². The van der Waals surface area contributed by atoms with Crippen LogP contribution in [0.15, 0.2) is 57.6 Å². The first-order valence-corrected chi connectivity index (χ1v) is 8.56. The fourth-order valence-electron chi connectivity index (χ4n) is 2.12. The highest BCUT2D eigenvalue weighted by molar-refractivity contribution is 14.1. The summed E-state index contributed by atoms with van der Waals surface area (Å²) in [6, 6.07) is 13.2. The Bertz CT molecular complexity index is 845. The van der Waals surface area contributed by atoms with Crippen molar-refractivity contribution in [2.45, 2.75) is 0 Å². The molecule has 1 heterocycles. The number of halogens is 2. The molecule has 2 aromatic carbocycles. The summed E-state index contributed by atoms with van der Waals surface area (Å²) in [4.78, 5) is 16.4. The average Bonchev–Trinajstić information content (AvgIpc) is 2.89. The van der Waals surface area contributed by atoms with Gasteiger partial charge in [-0.25, -0.2) is 9.79 Å². The topological polar surface area (TPSA) is 47.9 Å². The molecule has 0 saturated carbocycles. The number of carbonyl (C=O) groups is 1. The third-order valence-electron chi connectivity index (χ3n) is 3.18. The molecule has 0 N–H and O–H groups in total. The second-order valence-electron chi connectivity index (χ2n) is 4.73. The SMILES string of the molecule is COc1ccc(Br)cc1/C=C1\N=C(c2cccc(I)c2)OC1=O. The fraction of sp³-hybridized carbons (Fsp3) is 0.0588. The van der Waals surface area contributed by atoms with Gasteiger partial charge in [-0.2, -0.15) is 0 Å². The Hall–Kier alpha value is -1.67. The average molecular weight is 484 g/mol. The molecule has 1 aliphatic heterocycles. The lowest BCUT2D eigenvalue weighted by molar-refractivity contribution is -0.129. The third kappa shape index (κ3) is 3.64. The van der Waals surface area contributed by atoms with Gasteiger partial charge in [0.25, 0.3) is 0 Å². The van der Waals surface area contributed by atoms with E-state index in [0.29, 0.717) is 11.6 Å². The maximum atomic E-state index is 12.1. The van der Waals surface area contributed by atoms with E-state index in [1.54, 1.807) is 13.2 Å². The van der Waals surface area contributed by atoms with Gasteiger partial charge in [0, 0.05) is 19.2 Å². The van der Waals surface area contributed by atoms with Crippen LogP contribution in [0.3, 0.4) is 0 Å². The molecule has 0 amide bonds. The van der Waals surface area contributed by atoms with Crippen LogP contribution in [-0.2, 0) is 9.53 Å². The summed E-state index contributed by atoms with van der Waals surface area (Å²) >= 11 is 5.61. The highest BCUT2D eigenvalue weighted by Crippen LogP contribution is 2.27. The van der Waals surface area contributed by atoms with Crippen LogP contribution in [0.1, 0.15) is 11.1 Å². The maximum absolute atomic E-state index is 12.1. The van der Waals surface area contributed by atoms with E-state index >= 15 is 0 Å². The molecule has 0 unspecified atom stereocenters. The summed E-state index contributed by atoms with van der Waals surface area (Å²) in [5, 5.41) is 0. The van der Waals surface area contributed by atoms with Crippen molar-refractivity contribution in [3.05, 3.63) is 67.3 Å². The van der Waals surface area contributed by atoms with Crippen molar-refractivity contribution in [3.63, 3.8) is 0 Å². The third-order valence-corrected chi connectivity index (χ3v) is 4.34. The number of nitrogens with zero attached hydrogens (tertiary/aromatic N) is 1. The van der Waals surface area contributed by atoms with Gasteiger partial charge in [0.05, 0.1) is 7.11 Å². The second kappa shape index (κ2) is 6.84. The molecule has 0 saturated heterocycles. The molecule has 0 spiro atoms. The number of benzene rings is 2. The smallest absolute Gasteiger partial charge is 0.363 e. The summed E-state index contributed by atoms with van der Waals surface area (Å²) in [5.74, 6) is 0.501. The van der Waals surface area contributed by atoms with E-state index in [-0.39, 0.29) is 5.70 Å². The van der Waals surface area contributed by atoms with Crippen molar-refractivity contribution < 1.29 is 14.3 Å². The van der Waals surface area contributed by atoms with Crippen molar-refractivity contribution in [1.82, 2.24) is 0 Å². The highest BCUT2D eigenvalue weighted by atomic mass is 127. The largest absolute Gasteiger partial charge is 0.496 e. The van der Waals surface area contributed by atoms with E-state index in [9.17, 15) is 4.79 Å². The monoisotopic (exact) mass is 483 g/mol. The van der Waals surface area contributed by atoms with E-state index in [2.05, 4.69) is 43.5 Å². The zero-order valence-corrected chi connectivity index (χ0v) is 15.8. The van der Waals surface area contributed by atoms with Gasteiger partial charge in [0.15, 0.2) is 5.70 Å². The van der Waals surface area contributed by atoms with Gasteiger partial charge in [-0.1, -0.05) is 22.0 Å². The molecule has 0 aliphatic carbocycles. The number of methoxy groups -OCH3 is 1. The van der Waals surface area contributed by atoms with Crippen LogP contribution in [0.25, 0.3) is 6.08 Å². The number of ether oxygens (including phenoxy) is 2. The molecule has 4 nitrogen and oxygen atoms in total. The van der Waals surface area contributed by atoms with Crippen LogP contribution in [0, 0.1) is 3.57 Å². The first-order valence-electron chi connectivity index (χ1n) is 6.69. The lowest BCUT2D eigenvalue weighted by Crippen LogP contribution is -2.05. The van der Waals surface area contributed by atoms with E-state index in [4.69, 9.17) is 9.47 Å². The molecule has 3 rings (SSSR count). The Morgan fingerprint density at radius 2 is 2.09 bits per heavy atom. The number of esters is 1. The summed E-state index contributed by atoms with van der Waals surface area (Å²) in [6.45, 7) is 0. The Kier molecular flexibility index (Phi) is 4.82. The summed E-state index contributed by atoms with van der Waals surface area (Å²) in [5.41, 5.74) is 1.77. The molecule has 6 heteroatoms. The lowest BCUT2D eigenvalue weighted by atomic mass is 10.1. The van der Waals surface area contributed by atoms with Crippen molar-refractivity contribution in [1.29, 1.82) is 0 Å². The van der Waals surface area contributed by atoms with Crippen molar-refractivity contribution >= 4 is 56.5 Å². The van der Waals surface area contributed by atoms with Gasteiger partial charge in [0.2, 0.25) is 5.90 Å². The maximum Gasteiger partial charge on any atom is 0.363 e. The van der Waals surface area contributed by atoms with Crippen LogP contribution in [0.5, 0.6) is 5.75 Å². The summed E-state index contributed by atoms with van der Waals surface area (Å²) < 4.78 is 12.5. The van der Waals surface area contributed by atoms with Gasteiger partial charge < -0.3 is 9.47 Å². The van der Waals surface area contributed by atoms with Gasteiger partial charge in [-0.15, -0.1) is 0 Å². The molecule has 23 heavy (non-hydrogen) atoms.